The molecule has 0 radical (unpaired) electrons. The summed E-state index contributed by atoms with van der Waals surface area (Å²) in [6.45, 7) is -3.19. The highest BCUT2D eigenvalue weighted by Crippen LogP contribution is 2.49. The number of aromatic nitrogens is 3. The number of nitrogens with zero attached hydrogens (tertiary/aromatic N) is 3. The van der Waals surface area contributed by atoms with Gasteiger partial charge in [0.2, 0.25) is 0 Å². The molecule has 2 aromatic heterocycles. The molecule has 4 N–H and O–H groups in total. The molecular formula is C19H25N4O11PS. The Morgan fingerprint density at radius 1 is 1.28 bits per heavy atom. The van der Waals surface area contributed by atoms with Crippen LogP contribution in [0.15, 0.2) is 34.2 Å². The summed E-state index contributed by atoms with van der Waals surface area (Å²) in [6.07, 6.45) is -1.12. The molecule has 0 bridgehead atoms. The van der Waals surface area contributed by atoms with Crippen molar-refractivity contribution in [1.82, 2.24) is 14.1 Å². The molecule has 2 aromatic rings. The van der Waals surface area contributed by atoms with Crippen LogP contribution < -0.4 is 11.2 Å². The van der Waals surface area contributed by atoms with Crippen LogP contribution in [0.1, 0.15) is 30.9 Å². The summed E-state index contributed by atoms with van der Waals surface area (Å²) in [4.78, 5) is 46.8. The molecule has 0 spiro atoms. The standard InChI is InChI=1S/C19H25N4O11PS/c1-10-6-22(19(27)20-18(10)26)17-4-12(25)15(33-17)9-31-35(30,36)34-13-5-16(32-14(13)8-24)21-3-2-11(7-21)23(28)29/h2-3,6-7,12-17,24-25H,4-5,8-9H2,1H3,(H,30,36)(H,20,26,27)/t12?,13?,14-,15-,16-,17?,35?/m1/s1. The van der Waals surface area contributed by atoms with E-state index in [1.165, 1.54) is 36.1 Å². The second kappa shape index (κ2) is 10.6. The lowest BCUT2D eigenvalue weighted by Crippen LogP contribution is -2.33. The second-order valence-corrected chi connectivity index (χ2v) is 11.2. The van der Waals surface area contributed by atoms with Crippen molar-refractivity contribution in [1.29, 1.82) is 0 Å². The number of aliphatic hydroxyl groups excluding tert-OH is 2. The second-order valence-electron chi connectivity index (χ2n) is 8.44. The van der Waals surface area contributed by atoms with Crippen molar-refractivity contribution in [2.24, 2.45) is 0 Å². The molecule has 0 aliphatic carbocycles. The maximum Gasteiger partial charge on any atom is 0.330 e. The number of aliphatic hydroxyl groups is 2. The molecule has 2 aliphatic heterocycles. The van der Waals surface area contributed by atoms with E-state index in [1.54, 1.807) is 0 Å². The monoisotopic (exact) mass is 548 g/mol. The number of hydrogen-bond donors (Lipinski definition) is 4. The average Bonchev–Trinajstić information content (AvgIpc) is 3.53. The van der Waals surface area contributed by atoms with Crippen LogP contribution in [-0.2, 0) is 30.3 Å². The van der Waals surface area contributed by atoms with Crippen LogP contribution in [0.4, 0.5) is 5.69 Å². The Hall–Kier alpha value is -2.27. The van der Waals surface area contributed by atoms with Crippen LogP contribution in [0, 0.1) is 17.0 Å². The minimum Gasteiger partial charge on any atom is -0.394 e. The molecule has 0 amide bonds. The minimum absolute atomic E-state index is 0.0301. The zero-order valence-electron chi connectivity index (χ0n) is 18.9. The molecule has 17 heteroatoms. The number of aryl methyl sites for hydroxylation is 1. The lowest BCUT2D eigenvalue weighted by Gasteiger charge is -2.24. The molecule has 2 aliphatic rings. The van der Waals surface area contributed by atoms with Gasteiger partial charge >= 0.3 is 12.4 Å². The van der Waals surface area contributed by atoms with Gasteiger partial charge in [0.25, 0.3) is 11.2 Å². The SMILES string of the molecule is Cc1cn(C2CC(O)[C@@H](COP(O)(=S)OC3C[C@H](n4ccc([N+](=O)[O-])c4)O[C@@H]3CO)O2)c(=O)[nH]c1=O. The first-order valence-electron chi connectivity index (χ1n) is 10.9. The van der Waals surface area contributed by atoms with Crippen molar-refractivity contribution in [2.75, 3.05) is 13.2 Å². The molecule has 0 aromatic carbocycles. The first-order valence-corrected chi connectivity index (χ1v) is 13.5. The highest BCUT2D eigenvalue weighted by molar-refractivity contribution is 8.07. The van der Waals surface area contributed by atoms with Gasteiger partial charge in [-0.15, -0.1) is 0 Å². The lowest BCUT2D eigenvalue weighted by molar-refractivity contribution is -0.384. The number of aromatic amines is 1. The van der Waals surface area contributed by atoms with Gasteiger partial charge in [-0.2, -0.15) is 0 Å². The van der Waals surface area contributed by atoms with Gasteiger partial charge in [0.15, 0.2) is 0 Å². The zero-order chi connectivity index (χ0) is 26.2. The van der Waals surface area contributed by atoms with E-state index in [4.69, 9.17) is 30.3 Å². The van der Waals surface area contributed by atoms with Crippen molar-refractivity contribution >= 4 is 24.2 Å². The number of ether oxygens (including phenoxy) is 2. The summed E-state index contributed by atoms with van der Waals surface area (Å²) in [7, 11) is 0. The smallest absolute Gasteiger partial charge is 0.330 e. The topological polar surface area (TPSA) is 201 Å². The number of rotatable bonds is 9. The quantitative estimate of drug-likeness (QED) is 0.183. The molecule has 4 heterocycles. The number of H-pyrrole nitrogens is 1. The van der Waals surface area contributed by atoms with E-state index in [-0.39, 0.29) is 30.7 Å². The van der Waals surface area contributed by atoms with E-state index in [2.05, 4.69) is 4.98 Å². The van der Waals surface area contributed by atoms with E-state index in [9.17, 15) is 34.8 Å². The van der Waals surface area contributed by atoms with E-state index in [0.717, 1.165) is 4.57 Å². The summed E-state index contributed by atoms with van der Waals surface area (Å²) in [6, 6.07) is 1.30. The van der Waals surface area contributed by atoms with Gasteiger partial charge in [-0.25, -0.2) is 4.79 Å². The van der Waals surface area contributed by atoms with Gasteiger partial charge in [0, 0.05) is 36.9 Å². The van der Waals surface area contributed by atoms with Crippen LogP contribution in [0.25, 0.3) is 0 Å². The molecule has 2 saturated heterocycles. The van der Waals surface area contributed by atoms with Crippen molar-refractivity contribution in [3.63, 3.8) is 0 Å². The van der Waals surface area contributed by atoms with Gasteiger partial charge in [0.05, 0.1) is 36.5 Å². The van der Waals surface area contributed by atoms with Crippen LogP contribution in [0.2, 0.25) is 0 Å². The first-order chi connectivity index (χ1) is 17.0. The number of hydrogen-bond acceptors (Lipinski definition) is 11. The summed E-state index contributed by atoms with van der Waals surface area (Å²) >= 11 is 5.08. The van der Waals surface area contributed by atoms with Crippen molar-refractivity contribution in [2.45, 2.75) is 56.6 Å². The molecule has 4 rings (SSSR count). The molecule has 36 heavy (non-hydrogen) atoms. The summed E-state index contributed by atoms with van der Waals surface area (Å²) in [5, 5.41) is 30.9. The average molecular weight is 548 g/mol. The number of nitrogens with one attached hydrogen (secondary N) is 1. The van der Waals surface area contributed by atoms with Gasteiger partial charge in [-0.1, -0.05) is 0 Å². The summed E-state index contributed by atoms with van der Waals surface area (Å²) in [5.41, 5.74) is -1.07. The fraction of sp³-hybridized carbons (Fsp3) is 0.579. The van der Waals surface area contributed by atoms with E-state index < -0.39 is 66.4 Å². The van der Waals surface area contributed by atoms with Gasteiger partial charge in [0.1, 0.15) is 24.7 Å². The Kier molecular flexibility index (Phi) is 7.89. The third kappa shape index (κ3) is 5.82. The van der Waals surface area contributed by atoms with Crippen molar-refractivity contribution in [3.05, 3.63) is 61.2 Å². The Morgan fingerprint density at radius 3 is 2.67 bits per heavy atom. The molecular weight excluding hydrogens is 523 g/mol. The van der Waals surface area contributed by atoms with Gasteiger partial charge < -0.3 is 38.2 Å². The molecule has 2 fully saturated rings. The fourth-order valence-corrected chi connectivity index (χ4v) is 5.53. The predicted octanol–water partition coefficient (Wildman–Crippen LogP) is -0.198. The Labute approximate surface area is 208 Å². The van der Waals surface area contributed by atoms with Crippen LogP contribution in [-0.4, -0.2) is 71.8 Å². The molecule has 0 saturated carbocycles. The third-order valence-electron chi connectivity index (χ3n) is 5.93. The summed E-state index contributed by atoms with van der Waals surface area (Å²) in [5.74, 6) is 0. The maximum absolute atomic E-state index is 12.1. The number of nitro groups is 1. The molecule has 7 atom stereocenters. The van der Waals surface area contributed by atoms with Crippen molar-refractivity contribution in [3.8, 4) is 0 Å². The highest BCUT2D eigenvalue weighted by Gasteiger charge is 2.41. The third-order valence-corrected chi connectivity index (χ3v) is 7.52. The first kappa shape index (κ1) is 26.8. The minimum atomic E-state index is -3.90. The van der Waals surface area contributed by atoms with Gasteiger partial charge in [-0.3, -0.25) is 24.5 Å². The van der Waals surface area contributed by atoms with Gasteiger partial charge in [-0.05, 0) is 18.7 Å². The maximum atomic E-state index is 12.1. The normalized spacial score (nSPS) is 29.9. The van der Waals surface area contributed by atoms with E-state index in [1.807, 2.05) is 0 Å². The fourth-order valence-electron chi connectivity index (χ4n) is 4.05. The Balaban J connectivity index is 1.36. The molecule has 15 nitrogen and oxygen atoms in total. The van der Waals surface area contributed by atoms with E-state index >= 15 is 0 Å². The lowest BCUT2D eigenvalue weighted by atomic mass is 10.2. The Morgan fingerprint density at radius 2 is 2.00 bits per heavy atom. The highest BCUT2D eigenvalue weighted by atomic mass is 32.5. The predicted molar refractivity (Wildman–Crippen MR) is 125 cm³/mol. The largest absolute Gasteiger partial charge is 0.394 e. The molecule has 198 valence electrons. The Bertz CT molecular complexity index is 1280. The zero-order valence-corrected chi connectivity index (χ0v) is 20.6. The van der Waals surface area contributed by atoms with Crippen LogP contribution in [0.3, 0.4) is 0 Å². The van der Waals surface area contributed by atoms with Crippen molar-refractivity contribution < 1.29 is 38.6 Å². The van der Waals surface area contributed by atoms with Crippen LogP contribution >= 0.6 is 6.72 Å². The van der Waals surface area contributed by atoms with Crippen LogP contribution in [0.5, 0.6) is 0 Å². The summed E-state index contributed by atoms with van der Waals surface area (Å²) < 4.78 is 24.9. The van der Waals surface area contributed by atoms with E-state index in [0.29, 0.717) is 0 Å². The molecule has 4 unspecified atom stereocenters.